The Morgan fingerprint density at radius 2 is 1.60 bits per heavy atom. The van der Waals surface area contributed by atoms with Crippen molar-refractivity contribution < 1.29 is 9.90 Å². The lowest BCUT2D eigenvalue weighted by Gasteiger charge is -2.36. The molecule has 2 heterocycles. The molecule has 0 N–H and O–H groups in total. The van der Waals surface area contributed by atoms with Crippen LogP contribution in [0.3, 0.4) is 0 Å². The molecule has 0 saturated carbocycles. The van der Waals surface area contributed by atoms with Gasteiger partial charge in [-0.2, -0.15) is 0 Å². The van der Waals surface area contributed by atoms with Crippen LogP contribution in [-0.4, -0.2) is 55.0 Å². The Labute approximate surface area is 179 Å². The van der Waals surface area contributed by atoms with E-state index in [0.29, 0.717) is 5.92 Å². The Morgan fingerprint density at radius 1 is 0.933 bits per heavy atom. The van der Waals surface area contributed by atoms with Gasteiger partial charge in [0.2, 0.25) is 0 Å². The fourth-order valence-corrected chi connectivity index (χ4v) is 4.35. The quantitative estimate of drug-likeness (QED) is 0.740. The smallest absolute Gasteiger partial charge is 0.258 e. The highest BCUT2D eigenvalue weighted by molar-refractivity contribution is 6.09. The minimum atomic E-state index is 0.0573. The molecule has 4 rings (SSSR count). The standard InChI is InChI=1S/C25H31N3O2/c1-19(2)18-24-22-6-3-4-7-23(22)25(30)28(24)13-5-12-26-14-16-27(17-15-26)20-8-10-21(29)11-9-20/h3-4,6-11,18-19,29H,5,12-17H2,1-2H3/p-1/b24-18-. The lowest BCUT2D eigenvalue weighted by atomic mass is 10.1. The number of nitrogens with zero attached hydrogens (tertiary/aromatic N) is 3. The van der Waals surface area contributed by atoms with Crippen LogP contribution < -0.4 is 10.0 Å². The Morgan fingerprint density at radius 3 is 2.27 bits per heavy atom. The summed E-state index contributed by atoms with van der Waals surface area (Å²) in [7, 11) is 0. The van der Waals surface area contributed by atoms with E-state index in [1.165, 1.54) is 0 Å². The van der Waals surface area contributed by atoms with Crippen LogP contribution in [0.2, 0.25) is 0 Å². The molecule has 2 aromatic carbocycles. The topological polar surface area (TPSA) is 49.9 Å². The Balaban J connectivity index is 1.31. The van der Waals surface area contributed by atoms with E-state index in [0.717, 1.165) is 68.2 Å². The molecule has 2 aliphatic rings. The van der Waals surface area contributed by atoms with E-state index in [1.54, 1.807) is 12.1 Å². The van der Waals surface area contributed by atoms with Crippen LogP contribution in [-0.2, 0) is 0 Å². The van der Waals surface area contributed by atoms with Gasteiger partial charge in [-0.1, -0.05) is 50.3 Å². The van der Waals surface area contributed by atoms with Gasteiger partial charge in [-0.3, -0.25) is 9.69 Å². The summed E-state index contributed by atoms with van der Waals surface area (Å²) < 4.78 is 0. The summed E-state index contributed by atoms with van der Waals surface area (Å²) in [5.74, 6) is 0.580. The zero-order valence-corrected chi connectivity index (χ0v) is 17.9. The number of carbonyl (C=O) groups excluding carboxylic acids is 1. The highest BCUT2D eigenvalue weighted by Gasteiger charge is 2.31. The van der Waals surface area contributed by atoms with Gasteiger partial charge in [0.05, 0.1) is 0 Å². The number of benzene rings is 2. The maximum atomic E-state index is 12.9. The lowest BCUT2D eigenvalue weighted by Crippen LogP contribution is -2.47. The van der Waals surface area contributed by atoms with Gasteiger partial charge in [0.15, 0.2) is 0 Å². The summed E-state index contributed by atoms with van der Waals surface area (Å²) in [5, 5.41) is 11.3. The SMILES string of the molecule is CC(C)/C=C1/c2ccccc2C(=O)N1CCCN1CCN(c2ccc([O-])cc2)CC1. The number of anilines is 1. The minimum Gasteiger partial charge on any atom is -0.872 e. The molecule has 5 nitrogen and oxygen atoms in total. The summed E-state index contributed by atoms with van der Waals surface area (Å²) in [4.78, 5) is 19.7. The first-order valence-corrected chi connectivity index (χ1v) is 10.9. The molecule has 1 fully saturated rings. The zero-order valence-electron chi connectivity index (χ0n) is 17.9. The summed E-state index contributed by atoms with van der Waals surface area (Å²) in [6.07, 6.45) is 3.16. The normalized spacial score (nSPS) is 18.5. The number of piperazine rings is 1. The van der Waals surface area contributed by atoms with Crippen molar-refractivity contribution >= 4 is 17.3 Å². The maximum absolute atomic E-state index is 12.9. The molecule has 30 heavy (non-hydrogen) atoms. The predicted octanol–water partition coefficient (Wildman–Crippen LogP) is 3.43. The van der Waals surface area contributed by atoms with E-state index in [2.05, 4.69) is 35.8 Å². The Kier molecular flexibility index (Phi) is 6.09. The van der Waals surface area contributed by atoms with Crippen molar-refractivity contribution in [2.45, 2.75) is 20.3 Å². The number of rotatable bonds is 6. The third-order valence-electron chi connectivity index (χ3n) is 5.89. The number of fused-ring (bicyclic) bond motifs is 1. The first-order valence-electron chi connectivity index (χ1n) is 10.9. The van der Waals surface area contributed by atoms with Crippen LogP contribution in [0, 0.1) is 5.92 Å². The number of hydrogen-bond acceptors (Lipinski definition) is 4. The first-order chi connectivity index (χ1) is 14.5. The van der Waals surface area contributed by atoms with Crippen molar-refractivity contribution in [3.05, 3.63) is 65.7 Å². The highest BCUT2D eigenvalue weighted by Crippen LogP contribution is 2.33. The van der Waals surface area contributed by atoms with Crippen molar-refractivity contribution in [3.8, 4) is 5.75 Å². The molecule has 0 aromatic heterocycles. The second kappa shape index (κ2) is 8.92. The molecule has 158 valence electrons. The first kappa shape index (κ1) is 20.5. The summed E-state index contributed by atoms with van der Waals surface area (Å²) in [5.41, 5.74) is 4.08. The summed E-state index contributed by atoms with van der Waals surface area (Å²) >= 11 is 0. The highest BCUT2D eigenvalue weighted by atomic mass is 16.3. The van der Waals surface area contributed by atoms with Gasteiger partial charge in [-0.05, 0) is 37.1 Å². The minimum absolute atomic E-state index is 0.0573. The van der Waals surface area contributed by atoms with E-state index in [4.69, 9.17) is 0 Å². The van der Waals surface area contributed by atoms with E-state index < -0.39 is 0 Å². The molecule has 0 radical (unpaired) electrons. The average molecular weight is 405 g/mol. The van der Waals surface area contributed by atoms with Crippen LogP contribution in [0.1, 0.15) is 36.2 Å². The zero-order chi connectivity index (χ0) is 21.1. The number of carbonyl (C=O) groups is 1. The molecule has 2 aromatic rings. The van der Waals surface area contributed by atoms with Crippen molar-refractivity contribution in [2.24, 2.45) is 5.92 Å². The largest absolute Gasteiger partial charge is 0.872 e. The molecule has 5 heteroatoms. The van der Waals surface area contributed by atoms with Crippen LogP contribution in [0.5, 0.6) is 5.75 Å². The number of allylic oxidation sites excluding steroid dienone is 1. The molecule has 0 bridgehead atoms. The van der Waals surface area contributed by atoms with Gasteiger partial charge < -0.3 is 14.9 Å². The molecule has 0 atom stereocenters. The van der Waals surface area contributed by atoms with Gasteiger partial charge in [0, 0.05) is 55.2 Å². The van der Waals surface area contributed by atoms with Gasteiger partial charge in [0.1, 0.15) is 0 Å². The molecular weight excluding hydrogens is 374 g/mol. The van der Waals surface area contributed by atoms with E-state index >= 15 is 0 Å². The fourth-order valence-electron chi connectivity index (χ4n) is 4.35. The second-order valence-electron chi connectivity index (χ2n) is 8.47. The van der Waals surface area contributed by atoms with Crippen LogP contribution in [0.4, 0.5) is 5.69 Å². The monoisotopic (exact) mass is 404 g/mol. The van der Waals surface area contributed by atoms with Crippen molar-refractivity contribution in [2.75, 3.05) is 44.2 Å². The molecule has 1 amide bonds. The van der Waals surface area contributed by atoms with Crippen LogP contribution in [0.15, 0.2) is 54.6 Å². The lowest BCUT2D eigenvalue weighted by molar-refractivity contribution is -0.268. The van der Waals surface area contributed by atoms with Crippen molar-refractivity contribution in [3.63, 3.8) is 0 Å². The van der Waals surface area contributed by atoms with Gasteiger partial charge >= 0.3 is 0 Å². The maximum Gasteiger partial charge on any atom is 0.258 e. The summed E-state index contributed by atoms with van der Waals surface area (Å²) in [6, 6.07) is 15.0. The fraction of sp³-hybridized carbons (Fsp3) is 0.400. The van der Waals surface area contributed by atoms with Crippen molar-refractivity contribution in [1.29, 1.82) is 0 Å². The van der Waals surface area contributed by atoms with Crippen LogP contribution in [0.25, 0.3) is 5.70 Å². The van der Waals surface area contributed by atoms with Crippen LogP contribution >= 0.6 is 0 Å². The molecule has 0 aliphatic carbocycles. The van der Waals surface area contributed by atoms with E-state index in [9.17, 15) is 9.90 Å². The molecule has 0 unspecified atom stereocenters. The molecule has 1 saturated heterocycles. The third kappa shape index (κ3) is 4.36. The number of amides is 1. The van der Waals surface area contributed by atoms with Gasteiger partial charge in [-0.15, -0.1) is 5.75 Å². The summed E-state index contributed by atoms with van der Waals surface area (Å²) in [6.45, 7) is 9.97. The Bertz CT molecular complexity index is 912. The average Bonchev–Trinajstić information content (AvgIpc) is 3.01. The third-order valence-corrected chi connectivity index (χ3v) is 5.89. The predicted molar refractivity (Wildman–Crippen MR) is 119 cm³/mol. The molecule has 2 aliphatic heterocycles. The molecule has 0 spiro atoms. The second-order valence-corrected chi connectivity index (χ2v) is 8.47. The van der Waals surface area contributed by atoms with E-state index in [-0.39, 0.29) is 11.7 Å². The number of hydrogen-bond donors (Lipinski definition) is 0. The van der Waals surface area contributed by atoms with E-state index in [1.807, 2.05) is 35.2 Å². The van der Waals surface area contributed by atoms with Crippen molar-refractivity contribution in [1.82, 2.24) is 9.80 Å². The van der Waals surface area contributed by atoms with Gasteiger partial charge in [-0.25, -0.2) is 0 Å². The van der Waals surface area contributed by atoms with Gasteiger partial charge in [0.25, 0.3) is 5.91 Å². The molecular formula is C25H30N3O2-. The Hall–Kier alpha value is -2.79.